The predicted octanol–water partition coefficient (Wildman–Crippen LogP) is 15.7. The summed E-state index contributed by atoms with van der Waals surface area (Å²) in [6, 6.07) is 9.79. The molecular formula is C58H67N. The summed E-state index contributed by atoms with van der Waals surface area (Å²) in [5.74, 6) is 2.57. The van der Waals surface area contributed by atoms with Crippen molar-refractivity contribution in [1.29, 1.82) is 0 Å². The molecule has 7 aliphatic carbocycles. The van der Waals surface area contributed by atoms with E-state index in [0.717, 1.165) is 63.7 Å². The van der Waals surface area contributed by atoms with Crippen LogP contribution in [0.1, 0.15) is 126 Å². The van der Waals surface area contributed by atoms with Gasteiger partial charge in [-0.05, 0) is 147 Å². The number of allylic oxidation sites excluding steroid dienone is 22. The van der Waals surface area contributed by atoms with E-state index in [2.05, 4.69) is 142 Å². The van der Waals surface area contributed by atoms with Gasteiger partial charge in [0.25, 0.3) is 0 Å². The third-order valence-electron chi connectivity index (χ3n) is 14.5. The van der Waals surface area contributed by atoms with E-state index >= 15 is 0 Å². The van der Waals surface area contributed by atoms with Crippen LogP contribution in [-0.2, 0) is 0 Å². The van der Waals surface area contributed by atoms with Crippen LogP contribution in [0.5, 0.6) is 0 Å². The minimum atomic E-state index is 0.108. The lowest BCUT2D eigenvalue weighted by Gasteiger charge is -2.35. The standard InChI is InChI=1S/C58H67N/c1-5-17-56(50-21-11-7-12-22-50)59-58(52-23-13-8-14-24-52)43(4)42(3)44-28-30-47(31-29-44)53-25-16-26-54(40-53)48-32-36-49(37-33-48)55-27-15-18-41(2)57(55)51-38-34-46(35-39-51)45-19-9-6-10-20-45/h5-6,9,11,13,15-16,18,21-23,25-26,28,30,32-34,36-38,42,45,52,54-57H,1-2,4,7-8,10,12,14,17,19-20,24,27,29,31,35,39-40H2,3H3/b59-58+. The Labute approximate surface area is 357 Å². The lowest BCUT2D eigenvalue weighted by molar-refractivity contribution is 0.501. The molecule has 0 aliphatic heterocycles. The van der Waals surface area contributed by atoms with Crippen molar-refractivity contribution >= 4 is 5.71 Å². The van der Waals surface area contributed by atoms with Gasteiger partial charge in [0.1, 0.15) is 0 Å². The highest BCUT2D eigenvalue weighted by Crippen LogP contribution is 2.46. The first-order chi connectivity index (χ1) is 29.0. The normalized spacial score (nSPS) is 28.1. The summed E-state index contributed by atoms with van der Waals surface area (Å²) in [7, 11) is 0. The van der Waals surface area contributed by atoms with E-state index in [4.69, 9.17) is 11.6 Å². The minimum absolute atomic E-state index is 0.108. The maximum Gasteiger partial charge on any atom is 0.0783 e. The molecule has 59 heavy (non-hydrogen) atoms. The van der Waals surface area contributed by atoms with Crippen molar-refractivity contribution in [2.45, 2.75) is 121 Å². The fraction of sp³-hybridized carbons (Fsp3) is 0.397. The summed E-state index contributed by atoms with van der Waals surface area (Å²) < 4.78 is 0. The Kier molecular flexibility index (Phi) is 13.6. The molecule has 0 saturated carbocycles. The molecule has 0 bridgehead atoms. The van der Waals surface area contributed by atoms with Crippen LogP contribution in [0, 0.1) is 23.7 Å². The lowest BCUT2D eigenvalue weighted by atomic mass is 9.69. The summed E-state index contributed by atoms with van der Waals surface area (Å²) in [5.41, 5.74) is 15.5. The first kappa shape index (κ1) is 41.0. The Hall–Kier alpha value is -4.75. The van der Waals surface area contributed by atoms with Gasteiger partial charge in [0.15, 0.2) is 0 Å². The molecule has 1 nitrogen and oxygen atoms in total. The van der Waals surface area contributed by atoms with E-state index in [-0.39, 0.29) is 12.0 Å². The van der Waals surface area contributed by atoms with Gasteiger partial charge in [0.05, 0.1) is 6.04 Å². The molecule has 7 unspecified atom stereocenters. The number of rotatable bonds is 13. The van der Waals surface area contributed by atoms with Crippen LogP contribution < -0.4 is 0 Å². The molecule has 7 aliphatic rings. The largest absolute Gasteiger partial charge is 0.280 e. The Bertz CT molecular complexity index is 2140. The second-order valence-electron chi connectivity index (χ2n) is 18.2. The average molecular weight is 778 g/mol. The highest BCUT2D eigenvalue weighted by molar-refractivity contribution is 6.03. The van der Waals surface area contributed by atoms with Gasteiger partial charge in [-0.1, -0.05) is 164 Å². The molecule has 1 heteroatoms. The van der Waals surface area contributed by atoms with Gasteiger partial charge in [-0.2, -0.15) is 0 Å². The van der Waals surface area contributed by atoms with Crippen molar-refractivity contribution in [2.24, 2.45) is 28.7 Å². The zero-order valence-corrected chi connectivity index (χ0v) is 35.8. The van der Waals surface area contributed by atoms with Crippen LogP contribution in [0.3, 0.4) is 0 Å². The zero-order valence-electron chi connectivity index (χ0n) is 35.8. The third-order valence-corrected chi connectivity index (χ3v) is 14.5. The van der Waals surface area contributed by atoms with Crippen molar-refractivity contribution in [3.63, 3.8) is 0 Å². The molecule has 0 saturated heterocycles. The maximum absolute atomic E-state index is 5.53. The number of benzene rings is 1. The van der Waals surface area contributed by atoms with Gasteiger partial charge in [0, 0.05) is 29.4 Å². The number of aliphatic imine (C=N–C) groups is 1. The fourth-order valence-corrected chi connectivity index (χ4v) is 10.9. The first-order valence-corrected chi connectivity index (χ1v) is 23.1. The average Bonchev–Trinajstić information content (AvgIpc) is 3.31. The van der Waals surface area contributed by atoms with Gasteiger partial charge in [-0.15, -0.1) is 6.58 Å². The van der Waals surface area contributed by atoms with Crippen LogP contribution in [0.15, 0.2) is 197 Å². The SMILES string of the molecule is C=CCC(/N=C(\C(=C)C(C)C1=CC=C(C2=CC=CC(c3ccc(C4CC=CC(=C)C4C4=CC=C(C5CC=CCC5)CC4)cc3)C2)CC1)C1C=CCCC1)C1=CCCC=C1. The topological polar surface area (TPSA) is 12.4 Å². The molecule has 0 spiro atoms. The molecule has 0 heterocycles. The second kappa shape index (κ2) is 19.5. The highest BCUT2D eigenvalue weighted by atomic mass is 14.8. The summed E-state index contributed by atoms with van der Waals surface area (Å²) >= 11 is 0. The van der Waals surface area contributed by atoms with Gasteiger partial charge in [0.2, 0.25) is 0 Å². The quantitative estimate of drug-likeness (QED) is 0.140. The van der Waals surface area contributed by atoms with Crippen molar-refractivity contribution in [2.75, 3.05) is 0 Å². The second-order valence-corrected chi connectivity index (χ2v) is 18.2. The van der Waals surface area contributed by atoms with Gasteiger partial charge in [-0.25, -0.2) is 0 Å². The van der Waals surface area contributed by atoms with Gasteiger partial charge < -0.3 is 0 Å². The zero-order chi connectivity index (χ0) is 40.6. The molecule has 0 N–H and O–H groups in total. The van der Waals surface area contributed by atoms with E-state index in [1.807, 2.05) is 6.08 Å². The van der Waals surface area contributed by atoms with E-state index in [9.17, 15) is 0 Å². The molecule has 0 aromatic heterocycles. The van der Waals surface area contributed by atoms with Crippen molar-refractivity contribution < 1.29 is 0 Å². The van der Waals surface area contributed by atoms with Gasteiger partial charge in [-0.3, -0.25) is 4.99 Å². The van der Waals surface area contributed by atoms with Crippen LogP contribution in [0.2, 0.25) is 0 Å². The number of nitrogens with zero attached hydrogens (tertiary/aromatic N) is 1. The Balaban J connectivity index is 0.937. The molecule has 0 radical (unpaired) electrons. The van der Waals surface area contributed by atoms with E-state index in [1.54, 1.807) is 11.1 Å². The molecular weight excluding hydrogens is 711 g/mol. The maximum atomic E-state index is 5.53. The van der Waals surface area contributed by atoms with Crippen LogP contribution in [-0.4, -0.2) is 11.8 Å². The molecule has 0 amide bonds. The molecule has 0 fully saturated rings. The monoisotopic (exact) mass is 778 g/mol. The molecule has 1 aromatic rings. The third kappa shape index (κ3) is 9.67. The molecule has 1 aromatic carbocycles. The van der Waals surface area contributed by atoms with E-state index in [1.165, 1.54) is 88.8 Å². The highest BCUT2D eigenvalue weighted by Gasteiger charge is 2.32. The number of hydrogen-bond donors (Lipinski definition) is 0. The van der Waals surface area contributed by atoms with Crippen LogP contribution >= 0.6 is 0 Å². The summed E-state index contributed by atoms with van der Waals surface area (Å²) in [6.45, 7) is 15.8. The van der Waals surface area contributed by atoms with E-state index in [0.29, 0.717) is 23.7 Å². The number of hydrogen-bond acceptors (Lipinski definition) is 1. The van der Waals surface area contributed by atoms with Crippen molar-refractivity contribution in [3.8, 4) is 0 Å². The smallest absolute Gasteiger partial charge is 0.0783 e. The molecule has 7 atom stereocenters. The van der Waals surface area contributed by atoms with E-state index < -0.39 is 0 Å². The molecule has 8 rings (SSSR count). The fourth-order valence-electron chi connectivity index (χ4n) is 10.9. The van der Waals surface area contributed by atoms with Crippen LogP contribution in [0.4, 0.5) is 0 Å². The summed E-state index contributed by atoms with van der Waals surface area (Å²) in [5, 5.41) is 0. The minimum Gasteiger partial charge on any atom is -0.280 e. The summed E-state index contributed by atoms with van der Waals surface area (Å²) in [6.07, 6.45) is 56.9. The first-order valence-electron chi connectivity index (χ1n) is 23.1. The van der Waals surface area contributed by atoms with Crippen molar-refractivity contribution in [3.05, 3.63) is 203 Å². The Morgan fingerprint density at radius 2 is 1.63 bits per heavy atom. The predicted molar refractivity (Wildman–Crippen MR) is 255 cm³/mol. The molecule has 304 valence electrons. The van der Waals surface area contributed by atoms with Gasteiger partial charge >= 0.3 is 0 Å². The Morgan fingerprint density at radius 1 is 0.780 bits per heavy atom. The lowest BCUT2D eigenvalue weighted by Crippen LogP contribution is -2.24. The van der Waals surface area contributed by atoms with Crippen molar-refractivity contribution in [1.82, 2.24) is 0 Å². The van der Waals surface area contributed by atoms with Crippen LogP contribution in [0.25, 0.3) is 0 Å². The summed E-state index contributed by atoms with van der Waals surface area (Å²) in [4.78, 5) is 5.53. The Morgan fingerprint density at radius 3 is 2.34 bits per heavy atom.